The molecule has 6 aromatic carbocycles. The summed E-state index contributed by atoms with van der Waals surface area (Å²) in [6, 6.07) is 33.7. The highest BCUT2D eigenvalue weighted by Gasteiger charge is 2.22. The standard InChI is InChI=1S/C41H28O6/c1-45-33-14-10-30(11-15-33)37(44)19-7-27-5-17-35-32(23-27)13-21-39-41(35)40-34-16-4-26(22-31(34)12-20-38(40)46-25-47-39)6-18-36(43)29-8-2-28(24-42)3-9-29/h2-24H,25H2,1H3/b18-6-,19-7-. The van der Waals surface area contributed by atoms with Crippen molar-refractivity contribution in [1.82, 2.24) is 0 Å². The molecule has 7 rings (SSSR count). The third kappa shape index (κ3) is 5.92. The van der Waals surface area contributed by atoms with Crippen molar-refractivity contribution < 1.29 is 28.6 Å². The summed E-state index contributed by atoms with van der Waals surface area (Å²) in [5.41, 5.74) is 5.26. The first kappa shape index (κ1) is 29.4. The van der Waals surface area contributed by atoms with Crippen molar-refractivity contribution in [2.45, 2.75) is 0 Å². The molecule has 0 unspecified atom stereocenters. The molecule has 0 bridgehead atoms. The van der Waals surface area contributed by atoms with Crippen LogP contribution < -0.4 is 14.2 Å². The zero-order chi connectivity index (χ0) is 32.3. The largest absolute Gasteiger partial charge is 0.497 e. The van der Waals surface area contributed by atoms with Gasteiger partial charge in [-0.05, 0) is 93.4 Å². The van der Waals surface area contributed by atoms with E-state index in [0.29, 0.717) is 22.4 Å². The summed E-state index contributed by atoms with van der Waals surface area (Å²) in [4.78, 5) is 36.4. The summed E-state index contributed by atoms with van der Waals surface area (Å²) >= 11 is 0. The second-order valence-electron chi connectivity index (χ2n) is 11.1. The molecule has 1 heterocycles. The van der Waals surface area contributed by atoms with Crippen molar-refractivity contribution in [3.63, 3.8) is 0 Å². The third-order valence-corrected chi connectivity index (χ3v) is 8.25. The van der Waals surface area contributed by atoms with Crippen molar-refractivity contribution in [3.8, 4) is 28.4 Å². The van der Waals surface area contributed by atoms with Crippen molar-refractivity contribution >= 4 is 51.5 Å². The second-order valence-corrected chi connectivity index (χ2v) is 11.1. The molecule has 0 fully saturated rings. The molecule has 0 saturated carbocycles. The number of ether oxygens (including phenoxy) is 3. The number of aldehydes is 1. The van der Waals surface area contributed by atoms with Crippen molar-refractivity contribution in [2.75, 3.05) is 13.9 Å². The number of rotatable bonds is 8. The van der Waals surface area contributed by atoms with Gasteiger partial charge in [-0.2, -0.15) is 0 Å². The Labute approximate surface area is 271 Å². The first-order valence-corrected chi connectivity index (χ1v) is 15.0. The van der Waals surface area contributed by atoms with E-state index in [0.717, 1.165) is 61.6 Å². The van der Waals surface area contributed by atoms with E-state index in [1.807, 2.05) is 60.7 Å². The van der Waals surface area contributed by atoms with Gasteiger partial charge in [-0.3, -0.25) is 14.4 Å². The minimum absolute atomic E-state index is 0.0854. The van der Waals surface area contributed by atoms with Crippen LogP contribution in [0.4, 0.5) is 0 Å². The van der Waals surface area contributed by atoms with Gasteiger partial charge in [0, 0.05) is 27.8 Å². The zero-order valence-electron chi connectivity index (χ0n) is 25.4. The molecule has 0 N–H and O–H groups in total. The van der Waals surface area contributed by atoms with Crippen LogP contribution in [0.5, 0.6) is 17.2 Å². The molecule has 0 atom stereocenters. The number of benzene rings is 6. The van der Waals surface area contributed by atoms with E-state index in [-0.39, 0.29) is 18.4 Å². The van der Waals surface area contributed by atoms with Gasteiger partial charge in [-0.25, -0.2) is 0 Å². The number of hydrogen-bond donors (Lipinski definition) is 0. The molecule has 6 heteroatoms. The zero-order valence-corrected chi connectivity index (χ0v) is 25.4. The predicted octanol–water partition coefficient (Wildman–Crippen LogP) is 9.00. The molecular formula is C41H28O6. The molecule has 1 aliphatic heterocycles. The van der Waals surface area contributed by atoms with E-state index in [1.165, 1.54) is 6.08 Å². The molecule has 0 spiro atoms. The molecule has 0 aromatic heterocycles. The normalized spacial score (nSPS) is 12.3. The monoisotopic (exact) mass is 616 g/mol. The summed E-state index contributed by atoms with van der Waals surface area (Å²) in [6.07, 6.45) is 7.48. The van der Waals surface area contributed by atoms with Gasteiger partial charge in [0.2, 0.25) is 6.79 Å². The lowest BCUT2D eigenvalue weighted by molar-refractivity contribution is 0.103. The first-order chi connectivity index (χ1) is 23.0. The minimum atomic E-state index is -0.144. The molecule has 228 valence electrons. The summed E-state index contributed by atoms with van der Waals surface area (Å²) in [6.45, 7) is 0.0854. The number of carbonyl (C=O) groups is 3. The number of allylic oxidation sites excluding steroid dienone is 2. The van der Waals surface area contributed by atoms with Gasteiger partial charge >= 0.3 is 0 Å². The van der Waals surface area contributed by atoms with E-state index in [9.17, 15) is 14.4 Å². The fourth-order valence-electron chi connectivity index (χ4n) is 5.79. The van der Waals surface area contributed by atoms with Crippen LogP contribution >= 0.6 is 0 Å². The fraction of sp³-hybridized carbons (Fsp3) is 0.0488. The Kier molecular flexibility index (Phi) is 7.90. The average Bonchev–Trinajstić information content (AvgIpc) is 3.32. The van der Waals surface area contributed by atoms with E-state index in [1.54, 1.807) is 67.8 Å². The highest BCUT2D eigenvalue weighted by molar-refractivity contribution is 6.12. The number of hydrogen-bond acceptors (Lipinski definition) is 6. The molecule has 0 saturated heterocycles. The molecule has 0 radical (unpaired) electrons. The maximum Gasteiger partial charge on any atom is 0.230 e. The maximum atomic E-state index is 12.8. The van der Waals surface area contributed by atoms with Gasteiger partial charge in [0.05, 0.1) is 7.11 Å². The van der Waals surface area contributed by atoms with Gasteiger partial charge in [0.15, 0.2) is 11.6 Å². The molecule has 6 nitrogen and oxygen atoms in total. The van der Waals surface area contributed by atoms with E-state index < -0.39 is 0 Å². The Morgan fingerprint density at radius 3 is 1.53 bits per heavy atom. The SMILES string of the molecule is COc1ccc(C(=O)/C=C\c2ccc3c4c(ccc3c2)OCOc2ccc3cc(/C=C\C(=O)c5ccc(C=O)cc5)ccc3c2-4)cc1. The van der Waals surface area contributed by atoms with E-state index >= 15 is 0 Å². The van der Waals surface area contributed by atoms with Crippen LogP contribution in [0.25, 0.3) is 44.8 Å². The van der Waals surface area contributed by atoms with Crippen LogP contribution in [0.3, 0.4) is 0 Å². The highest BCUT2D eigenvalue weighted by Crippen LogP contribution is 2.47. The topological polar surface area (TPSA) is 78.9 Å². The summed E-state index contributed by atoms with van der Waals surface area (Å²) in [7, 11) is 1.59. The van der Waals surface area contributed by atoms with Crippen molar-refractivity contribution in [1.29, 1.82) is 0 Å². The van der Waals surface area contributed by atoms with Crippen LogP contribution in [0.2, 0.25) is 0 Å². The number of fused-ring (bicyclic) bond motifs is 7. The minimum Gasteiger partial charge on any atom is -0.497 e. The fourth-order valence-corrected chi connectivity index (χ4v) is 5.79. The number of methoxy groups -OCH3 is 1. The lowest BCUT2D eigenvalue weighted by Crippen LogP contribution is -2.03. The quantitative estimate of drug-likeness (QED) is 0.0965. The van der Waals surface area contributed by atoms with Gasteiger partial charge in [0.25, 0.3) is 0 Å². The van der Waals surface area contributed by atoms with Crippen LogP contribution in [0.15, 0.2) is 121 Å². The second kappa shape index (κ2) is 12.6. The molecular weight excluding hydrogens is 588 g/mol. The van der Waals surface area contributed by atoms with E-state index in [2.05, 4.69) is 6.07 Å². The smallest absolute Gasteiger partial charge is 0.230 e. The summed E-state index contributed by atoms with van der Waals surface area (Å²) in [5.74, 6) is 1.90. The van der Waals surface area contributed by atoms with Crippen LogP contribution in [-0.4, -0.2) is 31.8 Å². The molecule has 1 aliphatic rings. The predicted molar refractivity (Wildman–Crippen MR) is 185 cm³/mol. The van der Waals surface area contributed by atoms with E-state index in [4.69, 9.17) is 14.2 Å². The Morgan fingerprint density at radius 2 is 1.06 bits per heavy atom. The Morgan fingerprint density at radius 1 is 0.596 bits per heavy atom. The lowest BCUT2D eigenvalue weighted by atomic mass is 9.91. The van der Waals surface area contributed by atoms with Crippen LogP contribution in [0.1, 0.15) is 42.2 Å². The first-order valence-electron chi connectivity index (χ1n) is 15.0. The summed E-state index contributed by atoms with van der Waals surface area (Å²) in [5, 5.41) is 3.97. The van der Waals surface area contributed by atoms with Crippen molar-refractivity contribution in [3.05, 3.63) is 149 Å². The van der Waals surface area contributed by atoms with Crippen LogP contribution in [-0.2, 0) is 0 Å². The Hall–Kier alpha value is -6.27. The lowest BCUT2D eigenvalue weighted by Gasteiger charge is -2.14. The number of carbonyl (C=O) groups excluding carboxylic acids is 3. The van der Waals surface area contributed by atoms with Crippen LogP contribution in [0, 0.1) is 0 Å². The maximum absolute atomic E-state index is 12.8. The molecule has 0 amide bonds. The van der Waals surface area contributed by atoms with Gasteiger partial charge in [-0.15, -0.1) is 0 Å². The number of ketones is 2. The molecule has 47 heavy (non-hydrogen) atoms. The van der Waals surface area contributed by atoms with Gasteiger partial charge in [0.1, 0.15) is 23.5 Å². The van der Waals surface area contributed by atoms with Gasteiger partial charge in [-0.1, -0.05) is 72.8 Å². The third-order valence-electron chi connectivity index (χ3n) is 8.25. The summed E-state index contributed by atoms with van der Waals surface area (Å²) < 4.78 is 17.3. The Balaban J connectivity index is 1.22. The van der Waals surface area contributed by atoms with Gasteiger partial charge < -0.3 is 14.2 Å². The average molecular weight is 617 g/mol. The van der Waals surface area contributed by atoms with Crippen molar-refractivity contribution in [2.24, 2.45) is 0 Å². The Bertz CT molecular complexity index is 2240. The highest BCUT2D eigenvalue weighted by atomic mass is 16.7. The molecule has 6 aromatic rings. The molecule has 0 aliphatic carbocycles.